The fourth-order valence-electron chi connectivity index (χ4n) is 4.65. The summed E-state index contributed by atoms with van der Waals surface area (Å²) in [6, 6.07) is 4.79. The standard InChI is InChI=1S/C24H34N5O.C2H6.Na/c1-4-22(30-12-9-25)21-13-20(14-26)24(27-23(21)19-7-8-19)28-10-11-29(16(2)15-28)17(3)18-5-6-18;1-2;/h13,16,18-19,22,25H,3-12,15H2,1-2H3;1-2H3;/q-1;;+1. The Hall–Kier alpha value is -1.10. The molecular formula is C26H40N5NaO. The number of hydrogen-bond acceptors (Lipinski definition) is 5. The largest absolute Gasteiger partial charge is 1.00 e. The number of aromatic nitrogens is 1. The van der Waals surface area contributed by atoms with Gasteiger partial charge in [0.15, 0.2) is 0 Å². The summed E-state index contributed by atoms with van der Waals surface area (Å²) in [5.74, 6) is 2.00. The van der Waals surface area contributed by atoms with Crippen LogP contribution >= 0.6 is 0 Å². The Kier molecular flexibility index (Phi) is 11.2. The van der Waals surface area contributed by atoms with Gasteiger partial charge in [-0.2, -0.15) is 5.26 Å². The zero-order chi connectivity index (χ0) is 23.3. The molecule has 1 aromatic heterocycles. The van der Waals surface area contributed by atoms with Crippen molar-refractivity contribution in [2.24, 2.45) is 5.92 Å². The van der Waals surface area contributed by atoms with E-state index in [-0.39, 0.29) is 42.2 Å². The van der Waals surface area contributed by atoms with Gasteiger partial charge in [-0.15, -0.1) is 6.54 Å². The van der Waals surface area contributed by atoms with Crippen LogP contribution in [0.4, 0.5) is 5.82 Å². The van der Waals surface area contributed by atoms with Crippen molar-refractivity contribution in [2.45, 2.75) is 77.9 Å². The second-order valence-electron chi connectivity index (χ2n) is 8.99. The minimum absolute atomic E-state index is 0. The molecule has 1 N–H and O–H groups in total. The third-order valence-corrected chi connectivity index (χ3v) is 6.63. The van der Waals surface area contributed by atoms with Gasteiger partial charge in [0.25, 0.3) is 0 Å². The fraction of sp³-hybridized carbons (Fsp3) is 0.692. The summed E-state index contributed by atoms with van der Waals surface area (Å²) in [6.07, 6.45) is 5.61. The fourth-order valence-corrected chi connectivity index (χ4v) is 4.65. The number of anilines is 1. The molecule has 2 unspecified atom stereocenters. The van der Waals surface area contributed by atoms with Gasteiger partial charge in [0, 0.05) is 49.5 Å². The number of hydrogen-bond donors (Lipinski definition) is 0. The van der Waals surface area contributed by atoms with E-state index in [1.165, 1.54) is 18.5 Å². The molecule has 2 heterocycles. The smallest absolute Gasteiger partial charge is 0.676 e. The molecule has 0 radical (unpaired) electrons. The monoisotopic (exact) mass is 461 g/mol. The SMILES string of the molecule is C=C(C1CC1)N1CCN(c2nc(C3CC3)c(C(CC)OCC[NH-])cc2C#N)CC1C.CC.[Na+]. The Labute approximate surface area is 222 Å². The molecule has 0 spiro atoms. The molecule has 1 saturated heterocycles. The molecule has 3 aliphatic rings. The molecule has 2 atom stereocenters. The van der Waals surface area contributed by atoms with Gasteiger partial charge in [-0.05, 0) is 51.0 Å². The minimum atomic E-state index is -0.0859. The summed E-state index contributed by atoms with van der Waals surface area (Å²) in [5, 5.41) is 9.92. The van der Waals surface area contributed by atoms with Crippen LogP contribution in [-0.2, 0) is 4.74 Å². The predicted molar refractivity (Wildman–Crippen MR) is 131 cm³/mol. The van der Waals surface area contributed by atoms with E-state index in [1.807, 2.05) is 19.9 Å². The summed E-state index contributed by atoms with van der Waals surface area (Å²) < 4.78 is 5.95. The summed E-state index contributed by atoms with van der Waals surface area (Å²) >= 11 is 0. The molecular weight excluding hydrogens is 421 g/mol. The third kappa shape index (κ3) is 6.74. The summed E-state index contributed by atoms with van der Waals surface area (Å²) in [6.45, 7) is 16.0. The molecule has 3 fully saturated rings. The average molecular weight is 462 g/mol. The van der Waals surface area contributed by atoms with Gasteiger partial charge in [-0.3, -0.25) is 0 Å². The van der Waals surface area contributed by atoms with Gasteiger partial charge >= 0.3 is 29.6 Å². The quantitative estimate of drug-likeness (QED) is 0.529. The van der Waals surface area contributed by atoms with E-state index < -0.39 is 0 Å². The zero-order valence-corrected chi connectivity index (χ0v) is 23.4. The maximum Gasteiger partial charge on any atom is 1.00 e. The van der Waals surface area contributed by atoms with Crippen molar-refractivity contribution >= 4 is 5.82 Å². The first kappa shape index (κ1) is 28.1. The average Bonchev–Trinajstić information content (AvgIpc) is 3.73. The normalized spacial score (nSPS) is 20.8. The number of pyridine rings is 1. The van der Waals surface area contributed by atoms with Crippen LogP contribution in [0.1, 0.15) is 88.6 Å². The summed E-state index contributed by atoms with van der Waals surface area (Å²) in [4.78, 5) is 9.84. The van der Waals surface area contributed by atoms with Crippen LogP contribution in [-0.4, -0.2) is 48.7 Å². The summed E-state index contributed by atoms with van der Waals surface area (Å²) in [5.41, 5.74) is 11.5. The molecule has 0 aromatic carbocycles. The molecule has 2 aliphatic carbocycles. The van der Waals surface area contributed by atoms with Gasteiger partial charge in [-0.1, -0.05) is 27.4 Å². The molecule has 0 bridgehead atoms. The predicted octanol–water partition coefficient (Wildman–Crippen LogP) is 2.81. The molecule has 4 rings (SSSR count). The van der Waals surface area contributed by atoms with E-state index in [0.717, 1.165) is 56.0 Å². The van der Waals surface area contributed by atoms with E-state index in [1.54, 1.807) is 0 Å². The topological polar surface area (TPSA) is 76.2 Å². The third-order valence-electron chi connectivity index (χ3n) is 6.63. The molecule has 0 amide bonds. The molecule has 2 saturated carbocycles. The van der Waals surface area contributed by atoms with E-state index in [2.05, 4.69) is 36.3 Å². The summed E-state index contributed by atoms with van der Waals surface area (Å²) in [7, 11) is 0. The van der Waals surface area contributed by atoms with Gasteiger partial charge in [-0.25, -0.2) is 4.98 Å². The Morgan fingerprint density at radius 2 is 2.00 bits per heavy atom. The number of allylic oxidation sites excluding steroid dienone is 1. The van der Waals surface area contributed by atoms with E-state index in [9.17, 15) is 5.26 Å². The van der Waals surface area contributed by atoms with Crippen molar-refractivity contribution in [3.63, 3.8) is 0 Å². The zero-order valence-electron chi connectivity index (χ0n) is 21.4. The van der Waals surface area contributed by atoms with Crippen LogP contribution in [0.2, 0.25) is 0 Å². The number of piperazine rings is 1. The number of ether oxygens (including phenoxy) is 1. The van der Waals surface area contributed by atoms with Crippen molar-refractivity contribution in [3.8, 4) is 6.07 Å². The van der Waals surface area contributed by atoms with Crippen LogP contribution in [0.5, 0.6) is 0 Å². The van der Waals surface area contributed by atoms with Crippen LogP contribution in [0, 0.1) is 17.2 Å². The molecule has 6 nitrogen and oxygen atoms in total. The van der Waals surface area contributed by atoms with Crippen molar-refractivity contribution < 1.29 is 34.3 Å². The number of nitrogens with one attached hydrogen (secondary N) is 1. The second-order valence-corrected chi connectivity index (χ2v) is 8.99. The Balaban J connectivity index is 0.00000125. The first-order valence-electron chi connectivity index (χ1n) is 12.5. The maximum atomic E-state index is 9.92. The van der Waals surface area contributed by atoms with E-state index >= 15 is 0 Å². The Morgan fingerprint density at radius 1 is 1.30 bits per heavy atom. The molecule has 7 heteroatoms. The van der Waals surface area contributed by atoms with Crippen molar-refractivity contribution in [1.29, 1.82) is 5.26 Å². The van der Waals surface area contributed by atoms with Gasteiger partial charge in [0.05, 0.1) is 17.4 Å². The van der Waals surface area contributed by atoms with Crippen LogP contribution in [0.15, 0.2) is 18.3 Å². The van der Waals surface area contributed by atoms with Crippen LogP contribution < -0.4 is 34.5 Å². The molecule has 176 valence electrons. The van der Waals surface area contributed by atoms with Crippen molar-refractivity contribution in [1.82, 2.24) is 9.88 Å². The molecule has 1 aliphatic heterocycles. The van der Waals surface area contributed by atoms with E-state index in [4.69, 9.17) is 15.5 Å². The number of rotatable bonds is 9. The van der Waals surface area contributed by atoms with Crippen LogP contribution in [0.3, 0.4) is 0 Å². The number of nitriles is 1. The van der Waals surface area contributed by atoms with Crippen molar-refractivity contribution in [2.75, 3.05) is 37.7 Å². The first-order valence-corrected chi connectivity index (χ1v) is 12.5. The Morgan fingerprint density at radius 3 is 2.52 bits per heavy atom. The van der Waals surface area contributed by atoms with Gasteiger partial charge in [0.2, 0.25) is 0 Å². The second kappa shape index (κ2) is 13.1. The minimum Gasteiger partial charge on any atom is -0.676 e. The molecule has 33 heavy (non-hydrogen) atoms. The maximum absolute atomic E-state index is 9.92. The Bertz CT molecular complexity index is 831. The van der Waals surface area contributed by atoms with Crippen molar-refractivity contribution in [3.05, 3.63) is 40.9 Å². The van der Waals surface area contributed by atoms with Gasteiger partial charge < -0.3 is 20.3 Å². The first-order chi connectivity index (χ1) is 15.6. The van der Waals surface area contributed by atoms with Crippen LogP contribution in [0.25, 0.3) is 5.73 Å². The molecule has 1 aromatic rings. The van der Waals surface area contributed by atoms with E-state index in [0.29, 0.717) is 30.0 Å². The number of nitrogens with zero attached hydrogens (tertiary/aromatic N) is 4. The van der Waals surface area contributed by atoms with Gasteiger partial charge in [0.1, 0.15) is 11.9 Å².